The molecule has 0 radical (unpaired) electrons. The van der Waals surface area contributed by atoms with Crippen LogP contribution in [0.25, 0.3) is 12.2 Å². The fraction of sp³-hybridized carbons (Fsp3) is 0.409. The summed E-state index contributed by atoms with van der Waals surface area (Å²) in [7, 11) is 8.11. The maximum Gasteiger partial charge on any atom is 0.274 e. The number of carbonyl (C=O) groups is 2. The summed E-state index contributed by atoms with van der Waals surface area (Å²) in [6.45, 7) is 4.64. The van der Waals surface area contributed by atoms with Gasteiger partial charge in [0.05, 0.1) is 21.3 Å². The van der Waals surface area contributed by atoms with E-state index in [1.54, 1.807) is 51.0 Å². The number of benzene rings is 1. The van der Waals surface area contributed by atoms with Gasteiger partial charge in [0, 0.05) is 27.2 Å². The van der Waals surface area contributed by atoms with Crippen LogP contribution in [0.2, 0.25) is 0 Å². The van der Waals surface area contributed by atoms with Crippen LogP contribution in [-0.2, 0) is 11.8 Å². The SMILES string of the molecule is CCN(C)C(=O)c1c(N(C=O)CC)nc(/C=C/c2cc(OC)c(OC)c(OC)c2)n1C. The average molecular weight is 431 g/mol. The van der Waals surface area contributed by atoms with Crippen molar-refractivity contribution in [1.29, 1.82) is 0 Å². The lowest BCUT2D eigenvalue weighted by Gasteiger charge is -2.18. The Labute approximate surface area is 182 Å². The fourth-order valence-corrected chi connectivity index (χ4v) is 3.06. The Hall–Kier alpha value is -3.49. The number of anilines is 1. The van der Waals surface area contributed by atoms with Crippen molar-refractivity contribution in [3.05, 3.63) is 29.2 Å². The van der Waals surface area contributed by atoms with E-state index >= 15 is 0 Å². The van der Waals surface area contributed by atoms with Crippen LogP contribution < -0.4 is 19.1 Å². The molecule has 0 saturated carbocycles. The van der Waals surface area contributed by atoms with E-state index in [4.69, 9.17) is 14.2 Å². The number of aromatic nitrogens is 2. The van der Waals surface area contributed by atoms with E-state index < -0.39 is 0 Å². The Balaban J connectivity index is 2.56. The van der Waals surface area contributed by atoms with Crippen molar-refractivity contribution in [2.75, 3.05) is 46.4 Å². The average Bonchev–Trinajstić information content (AvgIpc) is 3.12. The van der Waals surface area contributed by atoms with Crippen LogP contribution in [-0.4, -0.2) is 68.2 Å². The molecule has 0 N–H and O–H groups in total. The third kappa shape index (κ3) is 4.82. The largest absolute Gasteiger partial charge is 0.493 e. The van der Waals surface area contributed by atoms with Gasteiger partial charge in [0.1, 0.15) is 5.82 Å². The Bertz CT molecular complexity index is 942. The molecule has 168 valence electrons. The summed E-state index contributed by atoms with van der Waals surface area (Å²) in [5.74, 6) is 2.20. The molecule has 2 rings (SSSR count). The molecule has 2 amide bonds. The molecule has 0 aliphatic rings. The van der Waals surface area contributed by atoms with Crippen LogP contribution in [0.5, 0.6) is 17.2 Å². The highest BCUT2D eigenvalue weighted by Crippen LogP contribution is 2.38. The minimum Gasteiger partial charge on any atom is -0.493 e. The van der Waals surface area contributed by atoms with E-state index in [1.807, 2.05) is 32.1 Å². The second-order valence-electron chi connectivity index (χ2n) is 6.70. The van der Waals surface area contributed by atoms with Crippen LogP contribution >= 0.6 is 0 Å². The molecule has 0 spiro atoms. The second kappa shape index (κ2) is 10.5. The fourth-order valence-electron chi connectivity index (χ4n) is 3.06. The van der Waals surface area contributed by atoms with Gasteiger partial charge in [-0.2, -0.15) is 0 Å². The summed E-state index contributed by atoms with van der Waals surface area (Å²) in [4.78, 5) is 32.0. The summed E-state index contributed by atoms with van der Waals surface area (Å²) in [5.41, 5.74) is 1.14. The van der Waals surface area contributed by atoms with Gasteiger partial charge in [-0.05, 0) is 37.6 Å². The molecular formula is C22H30N4O5. The molecular weight excluding hydrogens is 400 g/mol. The van der Waals surface area contributed by atoms with Gasteiger partial charge in [-0.1, -0.05) is 6.08 Å². The zero-order valence-corrected chi connectivity index (χ0v) is 19.1. The molecule has 1 aromatic carbocycles. The van der Waals surface area contributed by atoms with Gasteiger partial charge in [-0.15, -0.1) is 0 Å². The van der Waals surface area contributed by atoms with Gasteiger partial charge < -0.3 is 23.7 Å². The lowest BCUT2D eigenvalue weighted by atomic mass is 10.1. The summed E-state index contributed by atoms with van der Waals surface area (Å²) in [5, 5.41) is 0. The molecule has 0 unspecified atom stereocenters. The Morgan fingerprint density at radius 2 is 1.68 bits per heavy atom. The van der Waals surface area contributed by atoms with E-state index in [9.17, 15) is 9.59 Å². The van der Waals surface area contributed by atoms with E-state index in [0.717, 1.165) is 5.56 Å². The molecule has 0 fully saturated rings. The molecule has 0 aliphatic heterocycles. The van der Waals surface area contributed by atoms with Crippen LogP contribution in [0.15, 0.2) is 12.1 Å². The third-order valence-corrected chi connectivity index (χ3v) is 4.99. The quantitative estimate of drug-likeness (QED) is 0.539. The third-order valence-electron chi connectivity index (χ3n) is 4.99. The maximum atomic E-state index is 12.9. The first-order chi connectivity index (χ1) is 14.9. The van der Waals surface area contributed by atoms with Crippen molar-refractivity contribution < 1.29 is 23.8 Å². The van der Waals surface area contributed by atoms with Gasteiger partial charge in [-0.25, -0.2) is 4.98 Å². The summed E-state index contributed by atoms with van der Waals surface area (Å²) in [6, 6.07) is 3.62. The molecule has 0 bridgehead atoms. The van der Waals surface area contributed by atoms with Crippen molar-refractivity contribution in [3.63, 3.8) is 0 Å². The topological polar surface area (TPSA) is 86.1 Å². The molecule has 1 aromatic heterocycles. The molecule has 9 heteroatoms. The smallest absolute Gasteiger partial charge is 0.274 e. The van der Waals surface area contributed by atoms with Gasteiger partial charge in [-0.3, -0.25) is 14.5 Å². The van der Waals surface area contributed by atoms with Crippen molar-refractivity contribution in [3.8, 4) is 17.2 Å². The Morgan fingerprint density at radius 1 is 1.06 bits per heavy atom. The summed E-state index contributed by atoms with van der Waals surface area (Å²) in [6.07, 6.45) is 4.27. The van der Waals surface area contributed by atoms with E-state index in [0.29, 0.717) is 54.1 Å². The van der Waals surface area contributed by atoms with E-state index in [-0.39, 0.29) is 5.91 Å². The lowest BCUT2D eigenvalue weighted by Crippen LogP contribution is -2.31. The molecule has 31 heavy (non-hydrogen) atoms. The minimum atomic E-state index is -0.208. The highest BCUT2D eigenvalue weighted by atomic mass is 16.5. The van der Waals surface area contributed by atoms with Crippen molar-refractivity contribution >= 4 is 30.3 Å². The maximum absolute atomic E-state index is 12.9. The van der Waals surface area contributed by atoms with E-state index in [2.05, 4.69) is 4.98 Å². The monoisotopic (exact) mass is 430 g/mol. The first-order valence-corrected chi connectivity index (χ1v) is 9.88. The zero-order chi connectivity index (χ0) is 23.1. The standard InChI is InChI=1S/C22H30N4O5/c1-8-24(3)22(28)19-21(26(9-2)14-27)23-18(25(19)4)11-10-15-12-16(29-5)20(31-7)17(13-15)30-6/h10-14H,8-9H2,1-7H3/b11-10+. The molecule has 0 saturated heterocycles. The number of ether oxygens (including phenoxy) is 3. The number of amides is 2. The molecule has 2 aromatic rings. The van der Waals surface area contributed by atoms with E-state index in [1.165, 1.54) is 4.90 Å². The van der Waals surface area contributed by atoms with Crippen LogP contribution in [0.1, 0.15) is 35.7 Å². The number of hydrogen-bond donors (Lipinski definition) is 0. The van der Waals surface area contributed by atoms with Crippen molar-refractivity contribution in [2.24, 2.45) is 7.05 Å². The van der Waals surface area contributed by atoms with Crippen LogP contribution in [0, 0.1) is 0 Å². The Kier molecular flexibility index (Phi) is 8.07. The number of carbonyl (C=O) groups excluding carboxylic acids is 2. The molecule has 0 atom stereocenters. The minimum absolute atomic E-state index is 0.208. The van der Waals surface area contributed by atoms with Gasteiger partial charge in [0.25, 0.3) is 5.91 Å². The number of imidazole rings is 1. The van der Waals surface area contributed by atoms with Crippen LogP contribution in [0.3, 0.4) is 0 Å². The second-order valence-corrected chi connectivity index (χ2v) is 6.70. The van der Waals surface area contributed by atoms with Gasteiger partial charge >= 0.3 is 0 Å². The number of methoxy groups -OCH3 is 3. The number of rotatable bonds is 10. The predicted octanol–water partition coefficient (Wildman–Crippen LogP) is 2.69. The molecule has 1 heterocycles. The van der Waals surface area contributed by atoms with Crippen molar-refractivity contribution in [2.45, 2.75) is 13.8 Å². The highest BCUT2D eigenvalue weighted by Gasteiger charge is 2.25. The predicted molar refractivity (Wildman–Crippen MR) is 120 cm³/mol. The first-order valence-electron chi connectivity index (χ1n) is 9.88. The zero-order valence-electron chi connectivity index (χ0n) is 19.1. The highest BCUT2D eigenvalue weighted by molar-refractivity contribution is 6.00. The Morgan fingerprint density at radius 3 is 2.13 bits per heavy atom. The van der Waals surface area contributed by atoms with Crippen LogP contribution in [0.4, 0.5) is 5.82 Å². The number of nitrogens with zero attached hydrogens (tertiary/aromatic N) is 4. The van der Waals surface area contributed by atoms with Gasteiger partial charge in [0.15, 0.2) is 23.0 Å². The lowest BCUT2D eigenvalue weighted by molar-refractivity contribution is -0.107. The molecule has 9 nitrogen and oxygen atoms in total. The van der Waals surface area contributed by atoms with Gasteiger partial charge in [0.2, 0.25) is 12.2 Å². The summed E-state index contributed by atoms with van der Waals surface area (Å²) < 4.78 is 17.8. The normalized spacial score (nSPS) is 10.8. The molecule has 0 aliphatic carbocycles. The van der Waals surface area contributed by atoms with Crippen molar-refractivity contribution in [1.82, 2.24) is 14.5 Å². The summed E-state index contributed by atoms with van der Waals surface area (Å²) >= 11 is 0. The first kappa shape index (κ1) is 23.8. The number of hydrogen-bond acceptors (Lipinski definition) is 6.